The third-order valence-corrected chi connectivity index (χ3v) is 6.55. The summed E-state index contributed by atoms with van der Waals surface area (Å²) in [6, 6.07) is 8.92. The van der Waals surface area contributed by atoms with Crippen LogP contribution in [-0.4, -0.2) is 44.3 Å². The van der Waals surface area contributed by atoms with Crippen molar-refractivity contribution in [2.24, 2.45) is 0 Å². The molecule has 1 aliphatic heterocycles. The Kier molecular flexibility index (Phi) is 6.51. The van der Waals surface area contributed by atoms with Gasteiger partial charge in [-0.2, -0.15) is 4.31 Å². The van der Waals surface area contributed by atoms with E-state index in [1.54, 1.807) is 0 Å². The topological polar surface area (TPSA) is 92.8 Å². The summed E-state index contributed by atoms with van der Waals surface area (Å²) in [6.07, 6.45) is 1.68. The van der Waals surface area contributed by atoms with Gasteiger partial charge in [0, 0.05) is 18.8 Å². The summed E-state index contributed by atoms with van der Waals surface area (Å²) in [6.45, 7) is 0.425. The number of benzene rings is 2. The Morgan fingerprint density at radius 2 is 1.76 bits per heavy atom. The van der Waals surface area contributed by atoms with Crippen molar-refractivity contribution in [2.75, 3.05) is 25.0 Å². The molecule has 0 aromatic heterocycles. The zero-order valence-electron chi connectivity index (χ0n) is 15.2. The van der Waals surface area contributed by atoms with Gasteiger partial charge in [0.2, 0.25) is 10.0 Å². The predicted molar refractivity (Wildman–Crippen MR) is 105 cm³/mol. The molecular weight excluding hydrogens is 423 g/mol. The maximum Gasteiger partial charge on any atom is 0.340 e. The molecule has 1 amide bonds. The molecule has 1 heterocycles. The van der Waals surface area contributed by atoms with Gasteiger partial charge in [0.25, 0.3) is 5.91 Å². The van der Waals surface area contributed by atoms with E-state index in [-0.39, 0.29) is 15.5 Å². The molecular formula is C19H18ClFN2O5S. The Hall–Kier alpha value is -2.49. The molecule has 1 aliphatic rings. The zero-order valence-corrected chi connectivity index (χ0v) is 16.8. The Morgan fingerprint density at radius 1 is 1.10 bits per heavy atom. The second-order valence-electron chi connectivity index (χ2n) is 6.38. The molecule has 0 unspecified atom stereocenters. The molecule has 7 nitrogen and oxygen atoms in total. The van der Waals surface area contributed by atoms with Crippen molar-refractivity contribution in [1.82, 2.24) is 4.31 Å². The van der Waals surface area contributed by atoms with Gasteiger partial charge in [-0.05, 0) is 55.3 Å². The predicted octanol–water partition coefficient (Wildman–Crippen LogP) is 3.06. The summed E-state index contributed by atoms with van der Waals surface area (Å²) in [7, 11) is -3.53. The molecule has 0 bridgehead atoms. The van der Waals surface area contributed by atoms with Crippen LogP contribution in [0.2, 0.25) is 5.02 Å². The number of anilines is 1. The third-order valence-electron chi connectivity index (χ3n) is 4.33. The van der Waals surface area contributed by atoms with Crippen molar-refractivity contribution in [3.8, 4) is 0 Å². The summed E-state index contributed by atoms with van der Waals surface area (Å²) in [5, 5.41) is 2.38. The van der Waals surface area contributed by atoms with Crippen molar-refractivity contribution in [1.29, 1.82) is 0 Å². The average molecular weight is 441 g/mol. The highest BCUT2D eigenvalue weighted by Gasteiger charge is 2.27. The zero-order chi connectivity index (χ0) is 21.0. The van der Waals surface area contributed by atoms with Gasteiger partial charge >= 0.3 is 5.97 Å². The van der Waals surface area contributed by atoms with Gasteiger partial charge < -0.3 is 10.1 Å². The van der Waals surface area contributed by atoms with E-state index in [1.807, 2.05) is 0 Å². The highest BCUT2D eigenvalue weighted by Crippen LogP contribution is 2.22. The number of carbonyl (C=O) groups is 2. The molecule has 29 heavy (non-hydrogen) atoms. The smallest absolute Gasteiger partial charge is 0.340 e. The summed E-state index contributed by atoms with van der Waals surface area (Å²) in [4.78, 5) is 24.1. The van der Waals surface area contributed by atoms with E-state index in [0.29, 0.717) is 18.8 Å². The fourth-order valence-corrected chi connectivity index (χ4v) is 4.61. The van der Waals surface area contributed by atoms with Crippen LogP contribution >= 0.6 is 11.6 Å². The number of esters is 1. The number of nitrogens with one attached hydrogen (secondary N) is 1. The number of sulfonamides is 1. The van der Waals surface area contributed by atoms with E-state index < -0.39 is 34.3 Å². The van der Waals surface area contributed by atoms with E-state index >= 15 is 0 Å². The fraction of sp³-hybridized carbons (Fsp3) is 0.263. The molecule has 1 N–H and O–H groups in total. The number of amides is 1. The number of ether oxygens (including phenoxy) is 1. The van der Waals surface area contributed by atoms with Crippen LogP contribution in [0.1, 0.15) is 23.2 Å². The Morgan fingerprint density at radius 3 is 2.38 bits per heavy atom. The minimum atomic E-state index is -3.53. The van der Waals surface area contributed by atoms with Gasteiger partial charge in [0.05, 0.1) is 15.5 Å². The molecule has 0 atom stereocenters. The van der Waals surface area contributed by atoms with Crippen LogP contribution in [0.15, 0.2) is 47.4 Å². The van der Waals surface area contributed by atoms with Crippen molar-refractivity contribution in [2.45, 2.75) is 17.7 Å². The number of hydrogen-bond acceptors (Lipinski definition) is 5. The highest BCUT2D eigenvalue weighted by molar-refractivity contribution is 7.89. The third kappa shape index (κ3) is 5.11. The molecule has 0 radical (unpaired) electrons. The van der Waals surface area contributed by atoms with Crippen LogP contribution in [0, 0.1) is 5.82 Å². The van der Waals surface area contributed by atoms with E-state index in [2.05, 4.69) is 5.32 Å². The van der Waals surface area contributed by atoms with Crippen LogP contribution in [-0.2, 0) is 19.6 Å². The highest BCUT2D eigenvalue weighted by atomic mass is 35.5. The lowest BCUT2D eigenvalue weighted by atomic mass is 10.2. The number of rotatable bonds is 6. The van der Waals surface area contributed by atoms with E-state index in [0.717, 1.165) is 31.0 Å². The molecule has 154 valence electrons. The van der Waals surface area contributed by atoms with Gasteiger partial charge in [0.1, 0.15) is 5.82 Å². The fourth-order valence-electron chi connectivity index (χ4n) is 2.85. The second-order valence-corrected chi connectivity index (χ2v) is 8.73. The normalized spacial score (nSPS) is 14.6. The minimum Gasteiger partial charge on any atom is -0.452 e. The summed E-state index contributed by atoms with van der Waals surface area (Å²) in [5.74, 6) is -2.08. The number of hydrogen-bond donors (Lipinski definition) is 1. The Balaban J connectivity index is 1.56. The maximum atomic E-state index is 13.0. The SMILES string of the molecule is O=C(COC(=O)c1ccc(F)cc1Cl)Nc1ccc(S(=O)(=O)N2CCCC2)cc1. The van der Waals surface area contributed by atoms with Gasteiger partial charge in [-0.25, -0.2) is 17.6 Å². The first-order chi connectivity index (χ1) is 13.8. The quantitative estimate of drug-likeness (QED) is 0.697. The molecule has 0 saturated carbocycles. The van der Waals surface area contributed by atoms with Gasteiger partial charge in [-0.15, -0.1) is 0 Å². The first-order valence-electron chi connectivity index (χ1n) is 8.79. The van der Waals surface area contributed by atoms with Crippen molar-refractivity contribution >= 4 is 39.2 Å². The average Bonchev–Trinajstić information content (AvgIpc) is 3.22. The van der Waals surface area contributed by atoms with E-state index in [4.69, 9.17) is 16.3 Å². The van der Waals surface area contributed by atoms with Crippen LogP contribution < -0.4 is 5.32 Å². The van der Waals surface area contributed by atoms with Gasteiger partial charge in [-0.3, -0.25) is 4.79 Å². The summed E-state index contributed by atoms with van der Waals surface area (Å²) >= 11 is 5.77. The molecule has 2 aromatic carbocycles. The first-order valence-corrected chi connectivity index (χ1v) is 10.6. The Bertz CT molecular complexity index is 1020. The minimum absolute atomic E-state index is 0.0580. The molecule has 10 heteroatoms. The van der Waals surface area contributed by atoms with Crippen LogP contribution in [0.5, 0.6) is 0 Å². The number of carbonyl (C=O) groups excluding carboxylic acids is 2. The van der Waals surface area contributed by atoms with Crippen LogP contribution in [0.4, 0.5) is 10.1 Å². The van der Waals surface area contributed by atoms with E-state index in [9.17, 15) is 22.4 Å². The summed E-state index contributed by atoms with van der Waals surface area (Å²) < 4.78 is 44.3. The van der Waals surface area contributed by atoms with Crippen molar-refractivity contribution in [3.63, 3.8) is 0 Å². The molecule has 3 rings (SSSR count). The summed E-state index contributed by atoms with van der Waals surface area (Å²) in [5.41, 5.74) is 0.295. The molecule has 1 fully saturated rings. The lowest BCUT2D eigenvalue weighted by Crippen LogP contribution is -2.27. The maximum absolute atomic E-state index is 13.0. The van der Waals surface area contributed by atoms with E-state index in [1.165, 1.54) is 28.6 Å². The van der Waals surface area contributed by atoms with Crippen molar-refractivity contribution in [3.05, 3.63) is 58.9 Å². The number of nitrogens with zero attached hydrogens (tertiary/aromatic N) is 1. The molecule has 0 aliphatic carbocycles. The standard InChI is InChI=1S/C19H18ClFN2O5S/c20-17-11-13(21)3-8-16(17)19(25)28-12-18(24)22-14-4-6-15(7-5-14)29(26,27)23-9-1-2-10-23/h3-8,11H,1-2,9-10,12H2,(H,22,24). The molecule has 1 saturated heterocycles. The first kappa shape index (κ1) is 21.2. The molecule has 0 spiro atoms. The van der Waals surface area contributed by atoms with Gasteiger partial charge in [-0.1, -0.05) is 11.6 Å². The lowest BCUT2D eigenvalue weighted by molar-refractivity contribution is -0.119. The van der Waals surface area contributed by atoms with Crippen LogP contribution in [0.3, 0.4) is 0 Å². The van der Waals surface area contributed by atoms with Crippen molar-refractivity contribution < 1.29 is 27.1 Å². The monoisotopic (exact) mass is 440 g/mol. The second kappa shape index (κ2) is 8.89. The number of halogens is 2. The Labute approximate surface area is 172 Å². The lowest BCUT2D eigenvalue weighted by Gasteiger charge is -2.15. The van der Waals surface area contributed by atoms with Crippen LogP contribution in [0.25, 0.3) is 0 Å². The van der Waals surface area contributed by atoms with Gasteiger partial charge in [0.15, 0.2) is 6.61 Å². The largest absolute Gasteiger partial charge is 0.452 e. The molecule has 2 aromatic rings.